The summed E-state index contributed by atoms with van der Waals surface area (Å²) in [6.07, 6.45) is 4.05. The third-order valence-corrected chi connectivity index (χ3v) is 3.47. The topological polar surface area (TPSA) is 24.9 Å². The van der Waals surface area contributed by atoms with Gasteiger partial charge in [0.1, 0.15) is 6.67 Å². The summed E-state index contributed by atoms with van der Waals surface area (Å²) in [4.78, 5) is 5.00. The molecule has 1 aliphatic rings. The first-order valence-corrected chi connectivity index (χ1v) is 5.43. The fourth-order valence-electron chi connectivity index (χ4n) is 1.64. The van der Waals surface area contributed by atoms with Gasteiger partial charge in [0.15, 0.2) is 0 Å². The van der Waals surface area contributed by atoms with E-state index in [-0.39, 0.29) is 6.67 Å². The minimum Gasteiger partial charge on any atom is -0.316 e. The predicted octanol–water partition coefficient (Wildman–Crippen LogP) is 2.08. The van der Waals surface area contributed by atoms with Crippen molar-refractivity contribution in [1.82, 2.24) is 10.3 Å². The van der Waals surface area contributed by atoms with Crippen LogP contribution in [0, 0.1) is 0 Å². The number of alkyl halides is 1. The van der Waals surface area contributed by atoms with Gasteiger partial charge in [0.25, 0.3) is 0 Å². The van der Waals surface area contributed by atoms with Crippen molar-refractivity contribution in [3.63, 3.8) is 0 Å². The van der Waals surface area contributed by atoms with Gasteiger partial charge in [-0.25, -0.2) is 9.37 Å². The molecule has 1 saturated heterocycles. The van der Waals surface area contributed by atoms with E-state index in [2.05, 4.69) is 10.3 Å². The molecule has 1 aliphatic heterocycles. The number of nitrogens with zero attached hydrogens (tertiary/aromatic N) is 1. The highest BCUT2D eigenvalue weighted by molar-refractivity contribution is 7.11. The molecule has 1 aromatic rings. The monoisotopic (exact) mass is 200 g/mol. The number of hydrogen-bond donors (Lipinski definition) is 1. The predicted molar refractivity (Wildman–Crippen MR) is 51.8 cm³/mol. The van der Waals surface area contributed by atoms with Crippen LogP contribution in [0.4, 0.5) is 4.39 Å². The Morgan fingerprint density at radius 3 is 3.23 bits per heavy atom. The van der Waals surface area contributed by atoms with E-state index >= 15 is 0 Å². The van der Waals surface area contributed by atoms with Crippen molar-refractivity contribution in [2.45, 2.75) is 25.4 Å². The van der Waals surface area contributed by atoms with Gasteiger partial charge in [-0.1, -0.05) is 0 Å². The maximum atomic E-state index is 12.3. The Morgan fingerprint density at radius 1 is 1.69 bits per heavy atom. The molecule has 0 aromatic carbocycles. The Kier molecular flexibility index (Phi) is 2.90. The minimum absolute atomic E-state index is 0.377. The normalized spacial score (nSPS) is 23.3. The summed E-state index contributed by atoms with van der Waals surface area (Å²) in [5, 5.41) is 4.43. The first-order chi connectivity index (χ1) is 6.40. The molecule has 72 valence electrons. The van der Waals surface area contributed by atoms with Crippen molar-refractivity contribution in [3.8, 4) is 0 Å². The van der Waals surface area contributed by atoms with Crippen molar-refractivity contribution in [2.75, 3.05) is 13.1 Å². The molecular weight excluding hydrogens is 187 g/mol. The van der Waals surface area contributed by atoms with Crippen molar-refractivity contribution in [1.29, 1.82) is 0 Å². The molecule has 13 heavy (non-hydrogen) atoms. The zero-order valence-electron chi connectivity index (χ0n) is 7.42. The number of rotatable bonds is 2. The molecule has 0 saturated carbocycles. The van der Waals surface area contributed by atoms with Gasteiger partial charge in [-0.05, 0) is 19.4 Å². The molecule has 1 atom stereocenters. The molecule has 0 radical (unpaired) electrons. The van der Waals surface area contributed by atoms with Gasteiger partial charge >= 0.3 is 0 Å². The molecule has 2 heterocycles. The van der Waals surface area contributed by atoms with E-state index in [0.717, 1.165) is 23.0 Å². The van der Waals surface area contributed by atoms with Crippen molar-refractivity contribution in [2.24, 2.45) is 0 Å². The average Bonchev–Trinajstić information content (AvgIpc) is 2.67. The molecule has 1 unspecified atom stereocenters. The Bertz CT molecular complexity index is 268. The summed E-state index contributed by atoms with van der Waals surface area (Å²) in [6.45, 7) is 1.73. The summed E-state index contributed by atoms with van der Waals surface area (Å²) < 4.78 is 12.3. The third kappa shape index (κ3) is 2.06. The largest absolute Gasteiger partial charge is 0.316 e. The molecule has 0 bridgehead atoms. The van der Waals surface area contributed by atoms with Crippen LogP contribution in [0.1, 0.15) is 28.6 Å². The third-order valence-electron chi connectivity index (χ3n) is 2.35. The Morgan fingerprint density at radius 2 is 2.62 bits per heavy atom. The lowest BCUT2D eigenvalue weighted by molar-refractivity contribution is 0.460. The molecule has 4 heteroatoms. The number of aromatic nitrogens is 1. The van der Waals surface area contributed by atoms with Gasteiger partial charge in [0, 0.05) is 18.7 Å². The number of thiazole rings is 1. The lowest BCUT2D eigenvalue weighted by atomic mass is 10.0. The van der Waals surface area contributed by atoms with Crippen LogP contribution in [0.25, 0.3) is 0 Å². The van der Waals surface area contributed by atoms with Gasteiger partial charge in [-0.3, -0.25) is 0 Å². The van der Waals surface area contributed by atoms with Crippen molar-refractivity contribution >= 4 is 11.3 Å². The van der Waals surface area contributed by atoms with E-state index in [4.69, 9.17) is 0 Å². The SMILES string of the molecule is FCc1cnc(C2CCCNC2)s1. The van der Waals surface area contributed by atoms with Crippen LogP contribution in [0.2, 0.25) is 0 Å². The quantitative estimate of drug-likeness (QED) is 0.790. The number of hydrogen-bond acceptors (Lipinski definition) is 3. The highest BCUT2D eigenvalue weighted by Crippen LogP contribution is 2.27. The van der Waals surface area contributed by atoms with Gasteiger partial charge in [-0.2, -0.15) is 0 Å². The van der Waals surface area contributed by atoms with Crippen molar-refractivity contribution in [3.05, 3.63) is 16.1 Å². The van der Waals surface area contributed by atoms with Crippen LogP contribution in [-0.4, -0.2) is 18.1 Å². The van der Waals surface area contributed by atoms with Crippen LogP contribution in [-0.2, 0) is 6.67 Å². The second kappa shape index (κ2) is 4.15. The molecule has 0 spiro atoms. The molecule has 2 rings (SSSR count). The highest BCUT2D eigenvalue weighted by atomic mass is 32.1. The molecule has 1 aromatic heterocycles. The van der Waals surface area contributed by atoms with Crippen LogP contribution in [0.5, 0.6) is 0 Å². The van der Waals surface area contributed by atoms with Gasteiger partial charge in [0.05, 0.1) is 9.88 Å². The van der Waals surface area contributed by atoms with Crippen LogP contribution < -0.4 is 5.32 Å². The van der Waals surface area contributed by atoms with Gasteiger partial charge < -0.3 is 5.32 Å². The second-order valence-corrected chi connectivity index (χ2v) is 4.49. The van der Waals surface area contributed by atoms with Crippen LogP contribution >= 0.6 is 11.3 Å². The first kappa shape index (κ1) is 9.09. The van der Waals surface area contributed by atoms with E-state index in [9.17, 15) is 4.39 Å². The standard InChI is InChI=1S/C9H13FN2S/c10-4-8-6-12-9(13-8)7-2-1-3-11-5-7/h6-7,11H,1-5H2. The van der Waals surface area contributed by atoms with E-state index in [1.54, 1.807) is 6.20 Å². The smallest absolute Gasteiger partial charge is 0.125 e. The van der Waals surface area contributed by atoms with Gasteiger partial charge in [0.2, 0.25) is 0 Å². The number of nitrogens with one attached hydrogen (secondary N) is 1. The van der Waals surface area contributed by atoms with Crippen LogP contribution in [0.15, 0.2) is 6.20 Å². The Balaban J connectivity index is 2.05. The average molecular weight is 200 g/mol. The summed E-state index contributed by atoms with van der Waals surface area (Å²) in [5.74, 6) is 0.513. The van der Waals surface area contributed by atoms with E-state index in [0.29, 0.717) is 5.92 Å². The summed E-state index contributed by atoms with van der Waals surface area (Å²) in [7, 11) is 0. The summed E-state index contributed by atoms with van der Waals surface area (Å²) in [5.41, 5.74) is 0. The Hall–Kier alpha value is -0.480. The Labute approximate surface area is 81.2 Å². The fraction of sp³-hybridized carbons (Fsp3) is 0.667. The molecule has 2 nitrogen and oxygen atoms in total. The van der Waals surface area contributed by atoms with E-state index in [1.807, 2.05) is 0 Å². The zero-order valence-corrected chi connectivity index (χ0v) is 8.24. The number of piperidine rings is 1. The van der Waals surface area contributed by atoms with E-state index < -0.39 is 0 Å². The molecule has 1 fully saturated rings. The second-order valence-electron chi connectivity index (χ2n) is 3.34. The highest BCUT2D eigenvalue weighted by Gasteiger charge is 2.18. The van der Waals surface area contributed by atoms with Gasteiger partial charge in [-0.15, -0.1) is 11.3 Å². The van der Waals surface area contributed by atoms with Crippen molar-refractivity contribution < 1.29 is 4.39 Å². The fourth-order valence-corrected chi connectivity index (χ4v) is 2.54. The maximum Gasteiger partial charge on any atom is 0.125 e. The lowest BCUT2D eigenvalue weighted by Gasteiger charge is -2.20. The number of halogens is 1. The molecule has 0 aliphatic carbocycles. The molecule has 1 N–H and O–H groups in total. The summed E-state index contributed by atoms with van der Waals surface area (Å²) >= 11 is 1.51. The lowest BCUT2D eigenvalue weighted by Crippen LogP contribution is -2.28. The minimum atomic E-state index is -0.377. The summed E-state index contributed by atoms with van der Waals surface area (Å²) in [6, 6.07) is 0. The zero-order chi connectivity index (χ0) is 9.10. The maximum absolute atomic E-state index is 12.3. The molecular formula is C9H13FN2S. The van der Waals surface area contributed by atoms with Crippen LogP contribution in [0.3, 0.4) is 0 Å². The molecule has 0 amide bonds. The van der Waals surface area contributed by atoms with E-state index in [1.165, 1.54) is 24.2 Å². The first-order valence-electron chi connectivity index (χ1n) is 4.61.